The monoisotopic (exact) mass is 499 g/mol. The van der Waals surface area contributed by atoms with E-state index in [2.05, 4.69) is 10.3 Å². The molecule has 0 spiro atoms. The van der Waals surface area contributed by atoms with E-state index in [0.717, 1.165) is 33.1 Å². The van der Waals surface area contributed by atoms with Crippen molar-refractivity contribution < 1.29 is 23.5 Å². The Kier molecular flexibility index (Phi) is 5.36. The minimum atomic E-state index is -0.808. The molecule has 0 saturated carbocycles. The van der Waals surface area contributed by atoms with Crippen molar-refractivity contribution in [3.05, 3.63) is 71.6 Å². The van der Waals surface area contributed by atoms with E-state index < -0.39 is 29.7 Å². The van der Waals surface area contributed by atoms with E-state index in [0.29, 0.717) is 12.0 Å². The van der Waals surface area contributed by atoms with Crippen LogP contribution < -0.4 is 5.32 Å². The van der Waals surface area contributed by atoms with E-state index in [1.807, 2.05) is 48.5 Å². The summed E-state index contributed by atoms with van der Waals surface area (Å²) in [7, 11) is 0. The molecule has 8 nitrogen and oxygen atoms in total. The Labute approximate surface area is 213 Å². The summed E-state index contributed by atoms with van der Waals surface area (Å²) in [5.41, 5.74) is 3.86. The Morgan fingerprint density at radius 1 is 1.14 bits per heavy atom. The largest absolute Gasteiger partial charge is 0.464 e. The van der Waals surface area contributed by atoms with Gasteiger partial charge in [-0.05, 0) is 56.5 Å². The van der Waals surface area contributed by atoms with Crippen molar-refractivity contribution in [2.45, 2.75) is 63.8 Å². The summed E-state index contributed by atoms with van der Waals surface area (Å²) in [5, 5.41) is 4.90. The van der Waals surface area contributed by atoms with Gasteiger partial charge in [-0.15, -0.1) is 0 Å². The maximum atomic E-state index is 13.9. The van der Waals surface area contributed by atoms with Crippen molar-refractivity contribution >= 4 is 39.7 Å². The van der Waals surface area contributed by atoms with E-state index >= 15 is 0 Å². The quantitative estimate of drug-likeness (QED) is 0.406. The van der Waals surface area contributed by atoms with Crippen LogP contribution in [0.4, 0.5) is 0 Å². The number of benzene rings is 2. The average molecular weight is 500 g/mol. The molecule has 6 rings (SSSR count). The van der Waals surface area contributed by atoms with Gasteiger partial charge >= 0.3 is 5.97 Å². The number of nitrogens with one attached hydrogen (secondary N) is 2. The zero-order chi connectivity index (χ0) is 25.9. The number of para-hydroxylation sites is 1. The molecule has 2 amide bonds. The molecule has 2 aliphatic heterocycles. The van der Waals surface area contributed by atoms with Crippen molar-refractivity contribution in [2.24, 2.45) is 0 Å². The standard InChI is InChI=1S/C29H29N3O5/c1-29(2,3)37-24(33)11-10-21-28(35)32-22(27(34)31-21)15-19-18-6-4-5-7-20(18)30-25(19)26(32)17-9-8-16-12-13-36-23(16)14-17/h4-9,12-14,21-22,26,30H,10-11,15H2,1-3H3,(H,31,34)/t21-,22+,26+/m0/s1. The highest BCUT2D eigenvalue weighted by Gasteiger charge is 2.49. The van der Waals surface area contributed by atoms with Crippen molar-refractivity contribution in [3.63, 3.8) is 0 Å². The fraction of sp³-hybridized carbons (Fsp3) is 0.345. The molecule has 3 atom stereocenters. The second kappa shape index (κ2) is 8.50. The van der Waals surface area contributed by atoms with Crippen LogP contribution in [-0.2, 0) is 25.5 Å². The van der Waals surface area contributed by atoms with Crippen LogP contribution in [0.15, 0.2) is 59.2 Å². The zero-order valence-corrected chi connectivity index (χ0v) is 21.0. The number of furan rings is 1. The predicted molar refractivity (Wildman–Crippen MR) is 138 cm³/mol. The molecule has 0 unspecified atom stereocenters. The number of carbonyl (C=O) groups excluding carboxylic acids is 3. The third-order valence-corrected chi connectivity index (χ3v) is 7.16. The third kappa shape index (κ3) is 4.06. The molecule has 0 bridgehead atoms. The van der Waals surface area contributed by atoms with Gasteiger partial charge in [-0.1, -0.05) is 30.3 Å². The number of esters is 1. The molecule has 2 aromatic carbocycles. The van der Waals surface area contributed by atoms with Gasteiger partial charge in [0.2, 0.25) is 11.8 Å². The van der Waals surface area contributed by atoms with Gasteiger partial charge in [0.25, 0.3) is 0 Å². The first-order chi connectivity index (χ1) is 17.7. The number of ether oxygens (including phenoxy) is 1. The van der Waals surface area contributed by atoms with E-state index in [4.69, 9.17) is 9.15 Å². The topological polar surface area (TPSA) is 105 Å². The van der Waals surface area contributed by atoms with Crippen LogP contribution in [-0.4, -0.2) is 45.4 Å². The number of amides is 2. The first-order valence-electron chi connectivity index (χ1n) is 12.6. The number of nitrogens with zero attached hydrogens (tertiary/aromatic N) is 1. The lowest BCUT2D eigenvalue weighted by Gasteiger charge is -2.46. The summed E-state index contributed by atoms with van der Waals surface area (Å²) in [6.07, 6.45) is 2.26. The fourth-order valence-electron chi connectivity index (χ4n) is 5.61. The average Bonchev–Trinajstić information content (AvgIpc) is 3.47. The molecule has 2 aliphatic rings. The molecule has 1 fully saturated rings. The summed E-state index contributed by atoms with van der Waals surface area (Å²) in [6.45, 7) is 5.40. The SMILES string of the molecule is CC(C)(C)OC(=O)CC[C@@H]1NC(=O)[C@H]2Cc3c([nH]c4ccccc34)[C@@H](c3ccc4ccoc4c3)N2C1=O. The molecular formula is C29H29N3O5. The zero-order valence-electron chi connectivity index (χ0n) is 21.0. The summed E-state index contributed by atoms with van der Waals surface area (Å²) < 4.78 is 11.1. The Morgan fingerprint density at radius 2 is 1.95 bits per heavy atom. The molecule has 0 aliphatic carbocycles. The predicted octanol–water partition coefficient (Wildman–Crippen LogP) is 4.38. The summed E-state index contributed by atoms with van der Waals surface area (Å²) in [6, 6.07) is 13.8. The first-order valence-corrected chi connectivity index (χ1v) is 12.6. The molecular weight excluding hydrogens is 470 g/mol. The Balaban J connectivity index is 1.41. The van der Waals surface area contributed by atoms with Gasteiger partial charge in [0.05, 0.1) is 12.3 Å². The van der Waals surface area contributed by atoms with Crippen molar-refractivity contribution in [1.29, 1.82) is 0 Å². The number of aromatic nitrogens is 1. The third-order valence-electron chi connectivity index (χ3n) is 7.16. The van der Waals surface area contributed by atoms with E-state index in [9.17, 15) is 14.4 Å². The number of fused-ring (bicyclic) bond motifs is 5. The lowest BCUT2D eigenvalue weighted by atomic mass is 9.85. The van der Waals surface area contributed by atoms with Crippen LogP contribution in [0.1, 0.15) is 56.5 Å². The van der Waals surface area contributed by atoms with Gasteiger partial charge in [-0.25, -0.2) is 0 Å². The molecule has 1 saturated heterocycles. The number of H-pyrrole nitrogens is 1. The highest BCUT2D eigenvalue weighted by atomic mass is 16.6. The summed E-state index contributed by atoms with van der Waals surface area (Å²) in [4.78, 5) is 44.9. The molecule has 4 aromatic rings. The molecule has 190 valence electrons. The number of hydrogen-bond donors (Lipinski definition) is 2. The van der Waals surface area contributed by atoms with Crippen LogP contribution in [0.2, 0.25) is 0 Å². The first kappa shape index (κ1) is 23.3. The normalized spacial score (nSPS) is 21.6. The molecule has 0 radical (unpaired) electrons. The van der Waals surface area contributed by atoms with Crippen LogP contribution in [0, 0.1) is 0 Å². The summed E-state index contributed by atoms with van der Waals surface area (Å²) >= 11 is 0. The van der Waals surface area contributed by atoms with Crippen LogP contribution in [0.3, 0.4) is 0 Å². The van der Waals surface area contributed by atoms with Gasteiger partial charge in [-0.2, -0.15) is 0 Å². The Hall–Kier alpha value is -4.07. The number of piperazine rings is 1. The molecule has 37 heavy (non-hydrogen) atoms. The number of carbonyl (C=O) groups is 3. The molecule has 2 N–H and O–H groups in total. The summed E-state index contributed by atoms with van der Waals surface area (Å²) in [5.74, 6) is -0.816. The lowest BCUT2D eigenvalue weighted by Crippen LogP contribution is -2.66. The van der Waals surface area contributed by atoms with Crippen LogP contribution in [0.5, 0.6) is 0 Å². The minimum absolute atomic E-state index is 0.0348. The Bertz CT molecular complexity index is 1540. The van der Waals surface area contributed by atoms with Gasteiger partial charge < -0.3 is 24.4 Å². The number of hydrogen-bond acceptors (Lipinski definition) is 5. The van der Waals surface area contributed by atoms with E-state index in [1.165, 1.54) is 0 Å². The van der Waals surface area contributed by atoms with Crippen molar-refractivity contribution in [3.8, 4) is 0 Å². The maximum absolute atomic E-state index is 13.9. The molecule has 4 heterocycles. The van der Waals surface area contributed by atoms with E-state index in [-0.39, 0.29) is 24.7 Å². The number of rotatable bonds is 4. The number of aromatic amines is 1. The molecule has 2 aromatic heterocycles. The van der Waals surface area contributed by atoms with Gasteiger partial charge in [0.15, 0.2) is 0 Å². The second-order valence-electron chi connectivity index (χ2n) is 10.8. The minimum Gasteiger partial charge on any atom is -0.464 e. The molecule has 8 heteroatoms. The van der Waals surface area contributed by atoms with E-state index in [1.54, 1.807) is 31.9 Å². The fourth-order valence-corrected chi connectivity index (χ4v) is 5.61. The second-order valence-corrected chi connectivity index (χ2v) is 10.8. The highest BCUT2D eigenvalue weighted by Crippen LogP contribution is 2.43. The maximum Gasteiger partial charge on any atom is 0.306 e. The van der Waals surface area contributed by atoms with Crippen LogP contribution in [0.25, 0.3) is 21.9 Å². The smallest absolute Gasteiger partial charge is 0.306 e. The van der Waals surface area contributed by atoms with Crippen LogP contribution >= 0.6 is 0 Å². The van der Waals surface area contributed by atoms with Gasteiger partial charge in [0, 0.05) is 34.8 Å². The van der Waals surface area contributed by atoms with Gasteiger partial charge in [0.1, 0.15) is 23.3 Å². The highest BCUT2D eigenvalue weighted by molar-refractivity contribution is 5.99. The van der Waals surface area contributed by atoms with Crippen molar-refractivity contribution in [1.82, 2.24) is 15.2 Å². The van der Waals surface area contributed by atoms with Gasteiger partial charge in [-0.3, -0.25) is 14.4 Å². The lowest BCUT2D eigenvalue weighted by molar-refractivity contribution is -0.157. The van der Waals surface area contributed by atoms with Crippen molar-refractivity contribution in [2.75, 3.05) is 0 Å². The Morgan fingerprint density at radius 3 is 2.76 bits per heavy atom.